The zero-order valence-electron chi connectivity index (χ0n) is 18.6. The summed E-state index contributed by atoms with van der Waals surface area (Å²) in [5, 5.41) is 0.845. The Labute approximate surface area is 193 Å². The van der Waals surface area contributed by atoms with Gasteiger partial charge in [-0.05, 0) is 40.8 Å². The van der Waals surface area contributed by atoms with E-state index >= 15 is 0 Å². The summed E-state index contributed by atoms with van der Waals surface area (Å²) in [6.07, 6.45) is 11.6. The highest BCUT2D eigenvalue weighted by Gasteiger charge is 2.31. The molecule has 3 aromatic carbocycles. The SMILES string of the molecule is CCCCCCCC[C@@H]1C(C(c2ccccc2)c2ccccc2)=Cc2ccc(Cl)cc21. The Morgan fingerprint density at radius 2 is 1.35 bits per heavy atom. The first-order valence-electron chi connectivity index (χ1n) is 11.9. The molecule has 1 aliphatic rings. The van der Waals surface area contributed by atoms with Crippen molar-refractivity contribution < 1.29 is 0 Å². The summed E-state index contributed by atoms with van der Waals surface area (Å²) in [6, 6.07) is 28.4. The van der Waals surface area contributed by atoms with Gasteiger partial charge in [-0.2, -0.15) is 0 Å². The Morgan fingerprint density at radius 3 is 2.00 bits per heavy atom. The summed E-state index contributed by atoms with van der Waals surface area (Å²) in [5.41, 5.74) is 7.00. The second-order valence-corrected chi connectivity index (χ2v) is 9.22. The van der Waals surface area contributed by atoms with Crippen molar-refractivity contribution in [3.63, 3.8) is 0 Å². The first-order chi connectivity index (χ1) is 15.3. The molecular weight excluding hydrogens is 396 g/mol. The lowest BCUT2D eigenvalue weighted by Crippen LogP contribution is -2.10. The van der Waals surface area contributed by atoms with E-state index in [0.29, 0.717) is 5.92 Å². The first-order valence-corrected chi connectivity index (χ1v) is 12.3. The molecule has 31 heavy (non-hydrogen) atoms. The molecule has 1 atom stereocenters. The number of fused-ring (bicyclic) bond motifs is 1. The number of hydrogen-bond donors (Lipinski definition) is 0. The van der Waals surface area contributed by atoms with E-state index in [4.69, 9.17) is 11.6 Å². The highest BCUT2D eigenvalue weighted by Crippen LogP contribution is 2.48. The van der Waals surface area contributed by atoms with E-state index in [-0.39, 0.29) is 5.92 Å². The van der Waals surface area contributed by atoms with E-state index in [1.165, 1.54) is 72.8 Å². The Morgan fingerprint density at radius 1 is 0.742 bits per heavy atom. The summed E-state index contributed by atoms with van der Waals surface area (Å²) in [4.78, 5) is 0. The van der Waals surface area contributed by atoms with E-state index in [0.717, 1.165) is 5.02 Å². The lowest BCUT2D eigenvalue weighted by Gasteiger charge is -2.26. The second-order valence-electron chi connectivity index (χ2n) is 8.78. The molecule has 0 unspecified atom stereocenters. The van der Waals surface area contributed by atoms with E-state index < -0.39 is 0 Å². The minimum absolute atomic E-state index is 0.277. The minimum atomic E-state index is 0.277. The summed E-state index contributed by atoms with van der Waals surface area (Å²) < 4.78 is 0. The topological polar surface area (TPSA) is 0 Å². The quantitative estimate of drug-likeness (QED) is 0.282. The Bertz CT molecular complexity index is 948. The van der Waals surface area contributed by atoms with Crippen molar-refractivity contribution in [2.75, 3.05) is 0 Å². The molecule has 0 radical (unpaired) electrons. The minimum Gasteiger partial charge on any atom is -0.0843 e. The fourth-order valence-electron chi connectivity index (χ4n) is 5.04. The highest BCUT2D eigenvalue weighted by molar-refractivity contribution is 6.30. The average molecular weight is 429 g/mol. The van der Waals surface area contributed by atoms with Gasteiger partial charge in [0.25, 0.3) is 0 Å². The molecule has 0 aromatic heterocycles. The van der Waals surface area contributed by atoms with Crippen molar-refractivity contribution in [1.29, 1.82) is 0 Å². The molecule has 0 N–H and O–H groups in total. The zero-order chi connectivity index (χ0) is 21.5. The van der Waals surface area contributed by atoms with Gasteiger partial charge in [-0.1, -0.05) is 135 Å². The number of rotatable bonds is 10. The van der Waals surface area contributed by atoms with Crippen molar-refractivity contribution in [3.05, 3.63) is 112 Å². The number of unbranched alkanes of at least 4 members (excludes halogenated alkanes) is 5. The Balaban J connectivity index is 1.65. The lowest BCUT2D eigenvalue weighted by atomic mass is 9.77. The number of hydrogen-bond acceptors (Lipinski definition) is 0. The van der Waals surface area contributed by atoms with Crippen LogP contribution in [0, 0.1) is 0 Å². The van der Waals surface area contributed by atoms with Crippen LogP contribution in [0.3, 0.4) is 0 Å². The molecular formula is C30H33Cl. The van der Waals surface area contributed by atoms with Crippen LogP contribution >= 0.6 is 11.6 Å². The summed E-state index contributed by atoms with van der Waals surface area (Å²) in [6.45, 7) is 2.28. The number of halogens is 1. The molecule has 0 saturated heterocycles. The van der Waals surface area contributed by atoms with Crippen LogP contribution in [-0.2, 0) is 0 Å². The van der Waals surface area contributed by atoms with Gasteiger partial charge >= 0.3 is 0 Å². The van der Waals surface area contributed by atoms with Gasteiger partial charge in [0, 0.05) is 16.9 Å². The molecule has 4 rings (SSSR count). The monoisotopic (exact) mass is 428 g/mol. The van der Waals surface area contributed by atoms with E-state index in [1.807, 2.05) is 6.07 Å². The largest absolute Gasteiger partial charge is 0.0843 e. The Kier molecular flexibility index (Phi) is 7.65. The molecule has 0 aliphatic heterocycles. The van der Waals surface area contributed by atoms with Crippen molar-refractivity contribution in [1.82, 2.24) is 0 Å². The van der Waals surface area contributed by atoms with E-state index in [2.05, 4.69) is 85.8 Å². The van der Waals surface area contributed by atoms with Crippen LogP contribution < -0.4 is 0 Å². The third kappa shape index (κ3) is 5.31. The van der Waals surface area contributed by atoms with E-state index in [1.54, 1.807) is 0 Å². The van der Waals surface area contributed by atoms with Crippen LogP contribution in [0.2, 0.25) is 5.02 Å². The number of benzene rings is 3. The molecule has 3 aromatic rings. The van der Waals surface area contributed by atoms with Crippen molar-refractivity contribution in [2.24, 2.45) is 0 Å². The van der Waals surface area contributed by atoms with Gasteiger partial charge in [0.05, 0.1) is 0 Å². The Hall–Kier alpha value is -2.31. The molecule has 0 nitrogen and oxygen atoms in total. The maximum absolute atomic E-state index is 6.45. The predicted molar refractivity (Wildman–Crippen MR) is 135 cm³/mol. The van der Waals surface area contributed by atoms with Crippen molar-refractivity contribution in [3.8, 4) is 0 Å². The summed E-state index contributed by atoms with van der Waals surface area (Å²) in [5.74, 6) is 0.712. The third-order valence-corrected chi connectivity index (χ3v) is 6.83. The van der Waals surface area contributed by atoms with Crippen LogP contribution in [0.4, 0.5) is 0 Å². The average Bonchev–Trinajstić information content (AvgIpc) is 3.15. The molecule has 1 aliphatic carbocycles. The smallest absolute Gasteiger partial charge is 0.0409 e. The normalized spacial score (nSPS) is 15.2. The molecule has 0 bridgehead atoms. The van der Waals surface area contributed by atoms with Crippen molar-refractivity contribution in [2.45, 2.75) is 63.7 Å². The number of allylic oxidation sites excluding steroid dienone is 1. The maximum Gasteiger partial charge on any atom is 0.0409 e. The third-order valence-electron chi connectivity index (χ3n) is 6.59. The van der Waals surface area contributed by atoms with Crippen LogP contribution in [0.25, 0.3) is 6.08 Å². The lowest BCUT2D eigenvalue weighted by molar-refractivity contribution is 0.561. The van der Waals surface area contributed by atoms with Crippen LogP contribution in [0.1, 0.15) is 86.0 Å². The van der Waals surface area contributed by atoms with Gasteiger partial charge in [0.15, 0.2) is 0 Å². The van der Waals surface area contributed by atoms with Gasteiger partial charge in [-0.15, -0.1) is 0 Å². The standard InChI is InChI=1S/C30H33Cl/c1-2-3-4-5-6-13-18-27-28-22-26(31)20-19-25(28)21-29(27)30(23-14-9-7-10-15-23)24-16-11-8-12-17-24/h7-12,14-17,19-22,27,30H,2-6,13,18H2,1H3/t27-/m0/s1. The van der Waals surface area contributed by atoms with Gasteiger partial charge in [-0.3, -0.25) is 0 Å². The fraction of sp³-hybridized carbons (Fsp3) is 0.333. The van der Waals surface area contributed by atoms with E-state index in [9.17, 15) is 0 Å². The van der Waals surface area contributed by atoms with Gasteiger partial charge in [0.2, 0.25) is 0 Å². The predicted octanol–water partition coefficient (Wildman–Crippen LogP) is 9.40. The highest BCUT2D eigenvalue weighted by atomic mass is 35.5. The molecule has 1 heteroatoms. The second kappa shape index (κ2) is 10.8. The summed E-state index contributed by atoms with van der Waals surface area (Å²) in [7, 11) is 0. The molecule has 0 amide bonds. The molecule has 160 valence electrons. The van der Waals surface area contributed by atoms with Crippen LogP contribution in [0.15, 0.2) is 84.4 Å². The zero-order valence-corrected chi connectivity index (χ0v) is 19.3. The molecule has 0 saturated carbocycles. The molecule has 0 fully saturated rings. The first kappa shape index (κ1) is 21.9. The molecule has 0 heterocycles. The van der Waals surface area contributed by atoms with Crippen molar-refractivity contribution >= 4 is 17.7 Å². The van der Waals surface area contributed by atoms with Gasteiger partial charge in [0.1, 0.15) is 0 Å². The maximum atomic E-state index is 6.45. The van der Waals surface area contributed by atoms with Gasteiger partial charge < -0.3 is 0 Å². The van der Waals surface area contributed by atoms with Gasteiger partial charge in [-0.25, -0.2) is 0 Å². The summed E-state index contributed by atoms with van der Waals surface area (Å²) >= 11 is 6.45. The van der Waals surface area contributed by atoms with Crippen LogP contribution in [0.5, 0.6) is 0 Å². The molecule has 0 spiro atoms. The fourth-order valence-corrected chi connectivity index (χ4v) is 5.22. The van der Waals surface area contributed by atoms with Crippen LogP contribution in [-0.4, -0.2) is 0 Å².